The van der Waals surface area contributed by atoms with E-state index >= 15 is 0 Å². The van der Waals surface area contributed by atoms with Crippen LogP contribution in [0.5, 0.6) is 5.88 Å². The highest BCUT2D eigenvalue weighted by molar-refractivity contribution is 7.99. The zero-order valence-electron chi connectivity index (χ0n) is 16.7. The van der Waals surface area contributed by atoms with E-state index in [2.05, 4.69) is 27.4 Å². The van der Waals surface area contributed by atoms with E-state index in [1.165, 1.54) is 0 Å². The normalized spacial score (nSPS) is 14.7. The Labute approximate surface area is 189 Å². The molecule has 6 nitrogen and oxygen atoms in total. The Hall–Kier alpha value is -3.03. The molecule has 0 saturated carbocycles. The van der Waals surface area contributed by atoms with Crippen LogP contribution < -0.4 is 10.1 Å². The second-order valence-corrected chi connectivity index (χ2v) is 8.49. The Morgan fingerprint density at radius 1 is 1.03 bits per heavy atom. The first-order chi connectivity index (χ1) is 15.2. The molecule has 5 rings (SSSR count). The van der Waals surface area contributed by atoms with Crippen LogP contribution in [-0.4, -0.2) is 20.9 Å². The summed E-state index contributed by atoms with van der Waals surface area (Å²) in [6.07, 6.45) is 0.461. The van der Waals surface area contributed by atoms with Crippen LogP contribution >= 0.6 is 23.4 Å². The summed E-state index contributed by atoms with van der Waals surface area (Å²) in [6, 6.07) is 19.2. The molecule has 0 spiro atoms. The minimum atomic E-state index is -0.566. The molecule has 1 unspecified atom stereocenters. The minimum absolute atomic E-state index is 0.431. The van der Waals surface area contributed by atoms with Gasteiger partial charge in [0.15, 0.2) is 11.5 Å². The second-order valence-electron chi connectivity index (χ2n) is 6.99. The van der Waals surface area contributed by atoms with Gasteiger partial charge in [-0.3, -0.25) is 0 Å². The standard InChI is InChI=1S/C23H19ClN4O2S/c1-2-13-31-23-26-22-20(27-28-23)16-5-3-4-6-17(16)25-21(30-22)19-12-11-18(29-19)14-7-9-15(24)10-8-14/h3-12,21,25H,2,13H2,1H3. The summed E-state index contributed by atoms with van der Waals surface area (Å²) in [4.78, 5) is 4.63. The summed E-state index contributed by atoms with van der Waals surface area (Å²) in [7, 11) is 0. The maximum absolute atomic E-state index is 6.26. The van der Waals surface area contributed by atoms with E-state index in [9.17, 15) is 0 Å². The molecule has 0 bridgehead atoms. The van der Waals surface area contributed by atoms with Gasteiger partial charge in [-0.15, -0.1) is 10.2 Å². The third-order valence-corrected chi connectivity index (χ3v) is 6.08. The van der Waals surface area contributed by atoms with Gasteiger partial charge in [0.05, 0.1) is 0 Å². The van der Waals surface area contributed by atoms with E-state index in [1.54, 1.807) is 11.8 Å². The number of benzene rings is 2. The zero-order valence-corrected chi connectivity index (χ0v) is 18.3. The number of aromatic nitrogens is 3. The van der Waals surface area contributed by atoms with Gasteiger partial charge in [0, 0.05) is 27.6 Å². The van der Waals surface area contributed by atoms with E-state index < -0.39 is 6.23 Å². The predicted molar refractivity (Wildman–Crippen MR) is 122 cm³/mol. The quantitative estimate of drug-likeness (QED) is 0.350. The van der Waals surface area contributed by atoms with E-state index in [4.69, 9.17) is 20.8 Å². The molecule has 2 aromatic heterocycles. The summed E-state index contributed by atoms with van der Waals surface area (Å²) in [5, 5.41) is 13.4. The molecule has 156 valence electrons. The van der Waals surface area contributed by atoms with Gasteiger partial charge in [0.1, 0.15) is 5.76 Å². The van der Waals surface area contributed by atoms with Gasteiger partial charge >= 0.3 is 0 Å². The highest BCUT2D eigenvalue weighted by atomic mass is 35.5. The highest BCUT2D eigenvalue weighted by Gasteiger charge is 2.28. The van der Waals surface area contributed by atoms with Crippen molar-refractivity contribution in [2.45, 2.75) is 24.7 Å². The molecule has 0 saturated heterocycles. The van der Waals surface area contributed by atoms with Crippen molar-refractivity contribution in [2.75, 3.05) is 11.1 Å². The van der Waals surface area contributed by atoms with Crippen LogP contribution in [-0.2, 0) is 0 Å². The Kier molecular flexibility index (Phi) is 5.53. The number of halogens is 1. The van der Waals surface area contributed by atoms with Gasteiger partial charge in [-0.25, -0.2) is 0 Å². The lowest BCUT2D eigenvalue weighted by atomic mass is 10.1. The van der Waals surface area contributed by atoms with Crippen molar-refractivity contribution in [3.63, 3.8) is 0 Å². The molecule has 2 aromatic carbocycles. The first-order valence-electron chi connectivity index (χ1n) is 9.97. The van der Waals surface area contributed by atoms with Crippen LogP contribution in [0.15, 0.2) is 70.2 Å². The number of rotatable bonds is 5. The van der Waals surface area contributed by atoms with E-state index in [0.717, 1.165) is 34.7 Å². The van der Waals surface area contributed by atoms with Crippen LogP contribution in [0.25, 0.3) is 22.6 Å². The van der Waals surface area contributed by atoms with Gasteiger partial charge < -0.3 is 14.5 Å². The summed E-state index contributed by atoms with van der Waals surface area (Å²) in [5.74, 6) is 2.71. The Morgan fingerprint density at radius 2 is 1.87 bits per heavy atom. The summed E-state index contributed by atoms with van der Waals surface area (Å²) >= 11 is 7.57. The summed E-state index contributed by atoms with van der Waals surface area (Å²) in [6.45, 7) is 2.12. The molecular weight excluding hydrogens is 432 g/mol. The fourth-order valence-electron chi connectivity index (χ4n) is 3.29. The van der Waals surface area contributed by atoms with Gasteiger partial charge in [-0.1, -0.05) is 48.5 Å². The molecule has 1 aliphatic heterocycles. The molecule has 0 aliphatic carbocycles. The van der Waals surface area contributed by atoms with Crippen LogP contribution in [0.2, 0.25) is 5.02 Å². The third kappa shape index (κ3) is 4.11. The molecule has 0 amide bonds. The van der Waals surface area contributed by atoms with Crippen LogP contribution in [0.3, 0.4) is 0 Å². The maximum Gasteiger partial charge on any atom is 0.247 e. The number of furan rings is 1. The molecule has 31 heavy (non-hydrogen) atoms. The molecule has 1 atom stereocenters. The van der Waals surface area contributed by atoms with Crippen molar-refractivity contribution in [1.82, 2.24) is 15.2 Å². The predicted octanol–water partition coefficient (Wildman–Crippen LogP) is 6.46. The second kappa shape index (κ2) is 8.61. The Balaban J connectivity index is 1.52. The first kappa shape index (κ1) is 19.9. The number of thioether (sulfide) groups is 1. The van der Waals surface area contributed by atoms with Crippen LogP contribution in [0.1, 0.15) is 25.3 Å². The Bertz CT molecular complexity index is 1210. The number of para-hydroxylation sites is 1. The van der Waals surface area contributed by atoms with Crippen LogP contribution in [0.4, 0.5) is 5.69 Å². The fourth-order valence-corrected chi connectivity index (χ4v) is 4.05. The monoisotopic (exact) mass is 450 g/mol. The minimum Gasteiger partial charge on any atom is -0.455 e. The van der Waals surface area contributed by atoms with Crippen molar-refractivity contribution in [3.05, 3.63) is 71.4 Å². The number of hydrogen-bond acceptors (Lipinski definition) is 7. The molecule has 1 N–H and O–H groups in total. The topological polar surface area (TPSA) is 73.1 Å². The van der Waals surface area contributed by atoms with Crippen molar-refractivity contribution in [2.24, 2.45) is 0 Å². The number of fused-ring (bicyclic) bond motifs is 3. The summed E-state index contributed by atoms with van der Waals surface area (Å²) in [5.41, 5.74) is 3.31. The van der Waals surface area contributed by atoms with Gasteiger partial charge in [-0.2, -0.15) is 4.98 Å². The summed E-state index contributed by atoms with van der Waals surface area (Å²) < 4.78 is 12.4. The maximum atomic E-state index is 6.26. The number of ether oxygens (including phenoxy) is 1. The lowest BCUT2D eigenvalue weighted by Gasteiger charge is -2.16. The average Bonchev–Trinajstić information content (AvgIpc) is 3.22. The third-order valence-electron chi connectivity index (χ3n) is 4.78. The largest absolute Gasteiger partial charge is 0.455 e. The smallest absolute Gasteiger partial charge is 0.247 e. The SMILES string of the molecule is CCCSc1nnc2c(n1)OC(c1ccc(-c3ccc(Cl)cc3)o1)Nc1ccccc1-2. The molecule has 3 heterocycles. The number of hydrogen-bond donors (Lipinski definition) is 1. The highest BCUT2D eigenvalue weighted by Crippen LogP contribution is 2.40. The molecule has 8 heteroatoms. The number of anilines is 1. The number of nitrogens with one attached hydrogen (secondary N) is 1. The van der Waals surface area contributed by atoms with Gasteiger partial charge in [0.2, 0.25) is 17.3 Å². The van der Waals surface area contributed by atoms with Crippen molar-refractivity contribution >= 4 is 29.1 Å². The molecule has 0 fully saturated rings. The van der Waals surface area contributed by atoms with E-state index in [1.807, 2.05) is 60.7 Å². The fraction of sp³-hybridized carbons (Fsp3) is 0.174. The van der Waals surface area contributed by atoms with Crippen molar-refractivity contribution < 1.29 is 9.15 Å². The van der Waals surface area contributed by atoms with Crippen molar-refractivity contribution in [1.29, 1.82) is 0 Å². The Morgan fingerprint density at radius 3 is 2.71 bits per heavy atom. The van der Waals surface area contributed by atoms with E-state index in [0.29, 0.717) is 27.5 Å². The first-order valence-corrected chi connectivity index (χ1v) is 11.3. The number of nitrogens with zero attached hydrogens (tertiary/aromatic N) is 3. The molecule has 1 aliphatic rings. The van der Waals surface area contributed by atoms with Crippen LogP contribution in [0, 0.1) is 0 Å². The van der Waals surface area contributed by atoms with E-state index in [-0.39, 0.29) is 0 Å². The van der Waals surface area contributed by atoms with Crippen molar-refractivity contribution in [3.8, 4) is 28.5 Å². The molecular formula is C23H19ClN4O2S. The lowest BCUT2D eigenvalue weighted by molar-refractivity contribution is 0.196. The van der Waals surface area contributed by atoms with Gasteiger partial charge in [-0.05, 0) is 48.9 Å². The van der Waals surface area contributed by atoms with Gasteiger partial charge in [0.25, 0.3) is 0 Å². The zero-order chi connectivity index (χ0) is 21.2. The molecule has 4 aromatic rings. The lowest BCUT2D eigenvalue weighted by Crippen LogP contribution is -2.16. The molecule has 0 radical (unpaired) electrons. The average molecular weight is 451 g/mol.